The average Bonchev–Trinajstić information content (AvgIpc) is 3.15. The highest BCUT2D eigenvalue weighted by Crippen LogP contribution is 2.19. The number of nitrogens with one attached hydrogen (secondary N) is 1. The molecule has 3 aromatic rings. The maximum atomic E-state index is 12.2. The summed E-state index contributed by atoms with van der Waals surface area (Å²) in [5, 5.41) is 15.0. The van der Waals surface area contributed by atoms with Gasteiger partial charge in [0.2, 0.25) is 11.1 Å². The van der Waals surface area contributed by atoms with Crippen LogP contribution in [0.4, 0.5) is 5.69 Å². The standard InChI is InChI=1S/C19H19N5O2S/c1-3-14-7-9-17(10-8-14)24-19(21-22-23-24)27-12-18(26)20-16-6-4-5-15(11-16)13(2)25/h4-11H,3,12H2,1-2H3,(H,20,26). The van der Waals surface area contributed by atoms with E-state index in [1.54, 1.807) is 28.9 Å². The van der Waals surface area contributed by atoms with Crippen molar-refractivity contribution in [2.24, 2.45) is 0 Å². The van der Waals surface area contributed by atoms with Crippen LogP contribution in [0.15, 0.2) is 53.7 Å². The van der Waals surface area contributed by atoms with E-state index in [1.807, 2.05) is 24.3 Å². The number of hydrogen-bond acceptors (Lipinski definition) is 6. The number of aryl methyl sites for hydroxylation is 1. The van der Waals surface area contributed by atoms with Crippen molar-refractivity contribution < 1.29 is 9.59 Å². The molecule has 0 atom stereocenters. The van der Waals surface area contributed by atoms with Gasteiger partial charge < -0.3 is 5.32 Å². The quantitative estimate of drug-likeness (QED) is 0.499. The van der Waals surface area contributed by atoms with E-state index in [4.69, 9.17) is 0 Å². The molecule has 2 aromatic carbocycles. The predicted molar refractivity (Wildman–Crippen MR) is 104 cm³/mol. The van der Waals surface area contributed by atoms with Gasteiger partial charge in [0, 0.05) is 11.3 Å². The molecule has 0 aliphatic carbocycles. The molecular weight excluding hydrogens is 362 g/mol. The normalized spacial score (nSPS) is 10.6. The lowest BCUT2D eigenvalue weighted by molar-refractivity contribution is -0.113. The summed E-state index contributed by atoms with van der Waals surface area (Å²) in [6.45, 7) is 3.58. The van der Waals surface area contributed by atoms with E-state index in [2.05, 4.69) is 27.8 Å². The summed E-state index contributed by atoms with van der Waals surface area (Å²) in [4.78, 5) is 23.7. The Labute approximate surface area is 161 Å². The number of Topliss-reactive ketones (excluding diaryl/α,β-unsaturated/α-hetero) is 1. The SMILES string of the molecule is CCc1ccc(-n2nnnc2SCC(=O)Nc2cccc(C(C)=O)c2)cc1. The van der Waals surface area contributed by atoms with Crippen molar-refractivity contribution in [3.63, 3.8) is 0 Å². The first-order valence-electron chi connectivity index (χ1n) is 8.48. The average molecular weight is 381 g/mol. The first kappa shape index (κ1) is 18.8. The number of tetrazole rings is 1. The van der Waals surface area contributed by atoms with E-state index in [1.165, 1.54) is 24.2 Å². The van der Waals surface area contributed by atoms with Gasteiger partial charge >= 0.3 is 0 Å². The summed E-state index contributed by atoms with van der Waals surface area (Å²) in [6, 6.07) is 14.8. The molecule has 1 heterocycles. The van der Waals surface area contributed by atoms with Crippen LogP contribution < -0.4 is 5.32 Å². The van der Waals surface area contributed by atoms with Crippen LogP contribution in [0.1, 0.15) is 29.8 Å². The van der Waals surface area contributed by atoms with E-state index in [-0.39, 0.29) is 17.4 Å². The highest BCUT2D eigenvalue weighted by atomic mass is 32.2. The Morgan fingerprint density at radius 2 is 1.93 bits per heavy atom. The van der Waals surface area contributed by atoms with E-state index in [0.29, 0.717) is 16.4 Å². The number of rotatable bonds is 7. The molecule has 1 amide bonds. The number of thioether (sulfide) groups is 1. The van der Waals surface area contributed by atoms with Crippen LogP contribution in [0, 0.1) is 0 Å². The van der Waals surface area contributed by atoms with Crippen LogP contribution in [-0.2, 0) is 11.2 Å². The lowest BCUT2D eigenvalue weighted by Crippen LogP contribution is -2.15. The monoisotopic (exact) mass is 381 g/mol. The smallest absolute Gasteiger partial charge is 0.234 e. The van der Waals surface area contributed by atoms with Crippen LogP contribution in [-0.4, -0.2) is 37.7 Å². The van der Waals surface area contributed by atoms with Crippen LogP contribution in [0.25, 0.3) is 5.69 Å². The molecule has 138 valence electrons. The van der Waals surface area contributed by atoms with E-state index >= 15 is 0 Å². The summed E-state index contributed by atoms with van der Waals surface area (Å²) in [7, 11) is 0. The molecule has 27 heavy (non-hydrogen) atoms. The number of carbonyl (C=O) groups is 2. The van der Waals surface area contributed by atoms with E-state index in [9.17, 15) is 9.59 Å². The number of anilines is 1. The largest absolute Gasteiger partial charge is 0.325 e. The third-order valence-electron chi connectivity index (χ3n) is 3.92. The van der Waals surface area contributed by atoms with Gasteiger partial charge in [0.1, 0.15) is 0 Å². The van der Waals surface area contributed by atoms with Gasteiger partial charge in [0.15, 0.2) is 5.78 Å². The van der Waals surface area contributed by atoms with Crippen molar-refractivity contribution in [2.75, 3.05) is 11.1 Å². The number of carbonyl (C=O) groups excluding carboxylic acids is 2. The van der Waals surface area contributed by atoms with Gasteiger partial charge in [-0.2, -0.15) is 4.68 Å². The number of ketones is 1. The molecule has 0 saturated heterocycles. The molecular formula is C19H19N5O2S. The van der Waals surface area contributed by atoms with E-state index in [0.717, 1.165) is 12.1 Å². The second-order valence-electron chi connectivity index (χ2n) is 5.87. The Morgan fingerprint density at radius 3 is 2.63 bits per heavy atom. The molecule has 1 aromatic heterocycles. The maximum absolute atomic E-state index is 12.2. The molecule has 0 fully saturated rings. The van der Waals surface area contributed by atoms with Crippen LogP contribution in [0.5, 0.6) is 0 Å². The topological polar surface area (TPSA) is 89.8 Å². The van der Waals surface area contributed by atoms with Crippen molar-refractivity contribution in [1.29, 1.82) is 0 Å². The van der Waals surface area contributed by atoms with Crippen LogP contribution in [0.2, 0.25) is 0 Å². The Balaban J connectivity index is 1.63. The minimum atomic E-state index is -0.198. The number of benzene rings is 2. The predicted octanol–water partition coefficient (Wildman–Crippen LogP) is 3.16. The van der Waals surface area contributed by atoms with Gasteiger partial charge in [-0.1, -0.05) is 43.0 Å². The molecule has 0 bridgehead atoms. The van der Waals surface area contributed by atoms with Crippen molar-refractivity contribution in [3.05, 3.63) is 59.7 Å². The Kier molecular flexibility index (Phi) is 5.97. The fraction of sp³-hybridized carbons (Fsp3) is 0.211. The summed E-state index contributed by atoms with van der Waals surface area (Å²) in [5.41, 5.74) is 3.21. The molecule has 0 radical (unpaired) electrons. The van der Waals surface area contributed by atoms with Gasteiger partial charge in [-0.25, -0.2) is 0 Å². The minimum absolute atomic E-state index is 0.0475. The first-order valence-corrected chi connectivity index (χ1v) is 9.46. The molecule has 0 aliphatic heterocycles. The Bertz CT molecular complexity index is 953. The fourth-order valence-electron chi connectivity index (χ4n) is 2.45. The van der Waals surface area contributed by atoms with Gasteiger partial charge in [-0.15, -0.1) is 5.10 Å². The summed E-state index contributed by atoms with van der Waals surface area (Å²) in [6.07, 6.45) is 0.961. The highest BCUT2D eigenvalue weighted by Gasteiger charge is 2.12. The summed E-state index contributed by atoms with van der Waals surface area (Å²) < 4.78 is 1.60. The zero-order chi connectivity index (χ0) is 19.2. The van der Waals surface area contributed by atoms with Gasteiger partial charge in [-0.05, 0) is 53.6 Å². The molecule has 0 unspecified atom stereocenters. The van der Waals surface area contributed by atoms with Crippen molar-refractivity contribution >= 4 is 29.1 Å². The lowest BCUT2D eigenvalue weighted by atomic mass is 10.1. The van der Waals surface area contributed by atoms with Gasteiger partial charge in [-0.3, -0.25) is 9.59 Å². The molecule has 3 rings (SSSR count). The van der Waals surface area contributed by atoms with E-state index < -0.39 is 0 Å². The fourth-order valence-corrected chi connectivity index (χ4v) is 3.14. The van der Waals surface area contributed by atoms with Crippen molar-refractivity contribution in [2.45, 2.75) is 25.4 Å². The van der Waals surface area contributed by atoms with Crippen LogP contribution >= 0.6 is 11.8 Å². The molecule has 8 heteroatoms. The Hall–Kier alpha value is -3.00. The second kappa shape index (κ2) is 8.59. The number of aromatic nitrogens is 4. The number of nitrogens with zero attached hydrogens (tertiary/aromatic N) is 4. The third-order valence-corrected chi connectivity index (χ3v) is 4.83. The van der Waals surface area contributed by atoms with Crippen LogP contribution in [0.3, 0.4) is 0 Å². The zero-order valence-electron chi connectivity index (χ0n) is 15.0. The minimum Gasteiger partial charge on any atom is -0.325 e. The highest BCUT2D eigenvalue weighted by molar-refractivity contribution is 7.99. The molecule has 7 nitrogen and oxygen atoms in total. The summed E-state index contributed by atoms with van der Waals surface area (Å²) in [5.74, 6) is -0.0946. The third kappa shape index (κ3) is 4.79. The number of hydrogen-bond donors (Lipinski definition) is 1. The summed E-state index contributed by atoms with van der Waals surface area (Å²) >= 11 is 1.24. The molecule has 0 spiro atoms. The van der Waals surface area contributed by atoms with Gasteiger partial charge in [0.05, 0.1) is 11.4 Å². The molecule has 0 saturated carbocycles. The lowest BCUT2D eigenvalue weighted by Gasteiger charge is -2.07. The van der Waals surface area contributed by atoms with Gasteiger partial charge in [0.25, 0.3) is 0 Å². The van der Waals surface area contributed by atoms with Crippen molar-refractivity contribution in [3.8, 4) is 5.69 Å². The van der Waals surface area contributed by atoms with Crippen molar-refractivity contribution in [1.82, 2.24) is 20.2 Å². The molecule has 1 N–H and O–H groups in total. The Morgan fingerprint density at radius 1 is 1.15 bits per heavy atom. The zero-order valence-corrected chi connectivity index (χ0v) is 15.9. The first-order chi connectivity index (χ1) is 13.1. The molecule has 0 aliphatic rings. The number of amides is 1. The maximum Gasteiger partial charge on any atom is 0.234 e. The second-order valence-corrected chi connectivity index (χ2v) is 6.81.